The molecule has 1 aromatic rings. The zero-order valence-electron chi connectivity index (χ0n) is 12.8. The standard InChI is InChI=1S/C16H21NO5/c1-12(2)10-21-16(20)9-17-14(18)8-15(19)22-11-13-6-4-3-5-7-13/h3-7,12H,8-11H2,1-2H3,(H,17,18). The molecule has 120 valence electrons. The van der Waals surface area contributed by atoms with Crippen molar-refractivity contribution in [3.8, 4) is 0 Å². The molecule has 1 aromatic carbocycles. The first kappa shape index (κ1) is 17.7. The molecule has 0 saturated carbocycles. The van der Waals surface area contributed by atoms with E-state index in [0.717, 1.165) is 5.56 Å². The van der Waals surface area contributed by atoms with Crippen LogP contribution in [-0.4, -0.2) is 31.0 Å². The number of esters is 2. The minimum atomic E-state index is -0.642. The van der Waals surface area contributed by atoms with Gasteiger partial charge in [-0.1, -0.05) is 44.2 Å². The van der Waals surface area contributed by atoms with Crippen molar-refractivity contribution < 1.29 is 23.9 Å². The van der Waals surface area contributed by atoms with E-state index in [4.69, 9.17) is 9.47 Å². The van der Waals surface area contributed by atoms with Crippen molar-refractivity contribution in [2.45, 2.75) is 26.9 Å². The summed E-state index contributed by atoms with van der Waals surface area (Å²) in [6.45, 7) is 3.98. The lowest BCUT2D eigenvalue weighted by Crippen LogP contribution is -2.32. The van der Waals surface area contributed by atoms with E-state index in [1.165, 1.54) is 0 Å². The van der Waals surface area contributed by atoms with Crippen molar-refractivity contribution in [1.29, 1.82) is 0 Å². The van der Waals surface area contributed by atoms with Crippen LogP contribution in [0.1, 0.15) is 25.8 Å². The van der Waals surface area contributed by atoms with Gasteiger partial charge in [-0.05, 0) is 11.5 Å². The molecule has 0 radical (unpaired) electrons. The molecule has 22 heavy (non-hydrogen) atoms. The molecule has 6 heteroatoms. The van der Waals surface area contributed by atoms with E-state index in [1.54, 1.807) is 0 Å². The lowest BCUT2D eigenvalue weighted by molar-refractivity contribution is -0.149. The van der Waals surface area contributed by atoms with Crippen molar-refractivity contribution in [2.24, 2.45) is 5.92 Å². The molecule has 0 unspecified atom stereocenters. The summed E-state index contributed by atoms with van der Waals surface area (Å²) in [5, 5.41) is 2.32. The SMILES string of the molecule is CC(C)COC(=O)CNC(=O)CC(=O)OCc1ccccc1. The highest BCUT2D eigenvalue weighted by Crippen LogP contribution is 2.01. The summed E-state index contributed by atoms with van der Waals surface area (Å²) in [5.41, 5.74) is 0.841. The van der Waals surface area contributed by atoms with Crippen LogP contribution in [0.25, 0.3) is 0 Å². The van der Waals surface area contributed by atoms with E-state index in [-0.39, 0.29) is 19.1 Å². The summed E-state index contributed by atoms with van der Waals surface area (Å²) in [7, 11) is 0. The third kappa shape index (κ3) is 8.04. The highest BCUT2D eigenvalue weighted by molar-refractivity contribution is 5.95. The number of ether oxygens (including phenoxy) is 2. The summed E-state index contributed by atoms with van der Waals surface area (Å²) in [6, 6.07) is 9.16. The second kappa shape index (κ2) is 9.55. The zero-order valence-corrected chi connectivity index (χ0v) is 12.8. The van der Waals surface area contributed by atoms with Gasteiger partial charge >= 0.3 is 11.9 Å². The Bertz CT molecular complexity index is 499. The molecule has 0 saturated heterocycles. The molecule has 0 bridgehead atoms. The van der Waals surface area contributed by atoms with Crippen LogP contribution in [0.3, 0.4) is 0 Å². The maximum atomic E-state index is 11.5. The highest BCUT2D eigenvalue weighted by Gasteiger charge is 2.12. The Morgan fingerprint density at radius 2 is 1.73 bits per heavy atom. The number of carbonyl (C=O) groups is 3. The molecule has 0 aromatic heterocycles. The van der Waals surface area contributed by atoms with Gasteiger partial charge in [-0.2, -0.15) is 0 Å². The number of hydrogen-bond donors (Lipinski definition) is 1. The van der Waals surface area contributed by atoms with Gasteiger partial charge in [0.2, 0.25) is 5.91 Å². The fourth-order valence-corrected chi connectivity index (χ4v) is 1.46. The first-order valence-electron chi connectivity index (χ1n) is 7.09. The Kier molecular flexibility index (Phi) is 7.67. The topological polar surface area (TPSA) is 81.7 Å². The van der Waals surface area contributed by atoms with Crippen molar-refractivity contribution in [2.75, 3.05) is 13.2 Å². The largest absolute Gasteiger partial charge is 0.464 e. The third-order valence-electron chi connectivity index (χ3n) is 2.56. The predicted octanol–water partition coefficient (Wildman–Crippen LogP) is 1.44. The molecular weight excluding hydrogens is 286 g/mol. The fraction of sp³-hybridized carbons (Fsp3) is 0.438. The van der Waals surface area contributed by atoms with Crippen LogP contribution >= 0.6 is 0 Å². The van der Waals surface area contributed by atoms with E-state index < -0.39 is 24.3 Å². The fourth-order valence-electron chi connectivity index (χ4n) is 1.46. The molecule has 1 amide bonds. The van der Waals surface area contributed by atoms with Crippen LogP contribution < -0.4 is 5.32 Å². The van der Waals surface area contributed by atoms with Crippen LogP contribution in [0.2, 0.25) is 0 Å². The lowest BCUT2D eigenvalue weighted by atomic mass is 10.2. The van der Waals surface area contributed by atoms with Gasteiger partial charge in [0.1, 0.15) is 19.6 Å². The van der Waals surface area contributed by atoms with Gasteiger partial charge in [-0.3, -0.25) is 14.4 Å². The van der Waals surface area contributed by atoms with Gasteiger partial charge in [0.25, 0.3) is 0 Å². The second-order valence-electron chi connectivity index (χ2n) is 5.18. The number of hydrogen-bond acceptors (Lipinski definition) is 5. The maximum Gasteiger partial charge on any atom is 0.325 e. The summed E-state index contributed by atoms with van der Waals surface area (Å²) < 4.78 is 9.86. The maximum absolute atomic E-state index is 11.5. The summed E-state index contributed by atoms with van der Waals surface area (Å²) in [5.74, 6) is -1.51. The Morgan fingerprint density at radius 1 is 1.05 bits per heavy atom. The molecule has 0 aliphatic rings. The van der Waals surface area contributed by atoms with Crippen LogP contribution in [0.4, 0.5) is 0 Å². The minimum Gasteiger partial charge on any atom is -0.464 e. The van der Waals surface area contributed by atoms with Gasteiger partial charge in [0.15, 0.2) is 0 Å². The van der Waals surface area contributed by atoms with E-state index >= 15 is 0 Å². The first-order chi connectivity index (χ1) is 10.5. The number of amides is 1. The highest BCUT2D eigenvalue weighted by atomic mass is 16.5. The van der Waals surface area contributed by atoms with Crippen molar-refractivity contribution in [3.63, 3.8) is 0 Å². The Hall–Kier alpha value is -2.37. The normalized spacial score (nSPS) is 10.1. The lowest BCUT2D eigenvalue weighted by Gasteiger charge is -2.08. The Morgan fingerprint density at radius 3 is 2.36 bits per heavy atom. The number of carbonyl (C=O) groups excluding carboxylic acids is 3. The van der Waals surface area contributed by atoms with Gasteiger partial charge in [0.05, 0.1) is 6.61 Å². The molecule has 0 aliphatic carbocycles. The molecule has 0 atom stereocenters. The third-order valence-corrected chi connectivity index (χ3v) is 2.56. The molecular formula is C16H21NO5. The first-order valence-corrected chi connectivity index (χ1v) is 7.09. The molecule has 0 spiro atoms. The summed E-state index contributed by atoms with van der Waals surface area (Å²) in [4.78, 5) is 34.3. The summed E-state index contributed by atoms with van der Waals surface area (Å²) >= 11 is 0. The molecule has 0 fully saturated rings. The predicted molar refractivity (Wildman–Crippen MR) is 79.7 cm³/mol. The van der Waals surface area contributed by atoms with Crippen molar-refractivity contribution in [3.05, 3.63) is 35.9 Å². The van der Waals surface area contributed by atoms with Crippen LogP contribution in [0.15, 0.2) is 30.3 Å². The summed E-state index contributed by atoms with van der Waals surface area (Å²) in [6.07, 6.45) is -0.426. The Labute approximate surface area is 129 Å². The van der Waals surface area contributed by atoms with Gasteiger partial charge < -0.3 is 14.8 Å². The smallest absolute Gasteiger partial charge is 0.325 e. The van der Waals surface area contributed by atoms with Crippen molar-refractivity contribution in [1.82, 2.24) is 5.32 Å². The average molecular weight is 307 g/mol. The number of benzene rings is 1. The van der Waals surface area contributed by atoms with E-state index in [1.807, 2.05) is 44.2 Å². The Balaban J connectivity index is 2.18. The molecule has 0 aliphatic heterocycles. The molecule has 1 rings (SSSR count). The molecule has 1 N–H and O–H groups in total. The quantitative estimate of drug-likeness (QED) is 0.580. The average Bonchev–Trinajstić information content (AvgIpc) is 2.50. The van der Waals surface area contributed by atoms with Gasteiger partial charge in [-0.15, -0.1) is 0 Å². The minimum absolute atomic E-state index is 0.114. The molecule has 6 nitrogen and oxygen atoms in total. The second-order valence-corrected chi connectivity index (χ2v) is 5.18. The molecule has 0 heterocycles. The monoisotopic (exact) mass is 307 g/mol. The van der Waals surface area contributed by atoms with Crippen LogP contribution in [0, 0.1) is 5.92 Å². The number of rotatable bonds is 8. The van der Waals surface area contributed by atoms with E-state index in [2.05, 4.69) is 5.32 Å². The van der Waals surface area contributed by atoms with E-state index in [0.29, 0.717) is 6.61 Å². The van der Waals surface area contributed by atoms with Gasteiger partial charge in [-0.25, -0.2) is 0 Å². The number of nitrogens with one attached hydrogen (secondary N) is 1. The van der Waals surface area contributed by atoms with Crippen LogP contribution in [-0.2, 0) is 30.5 Å². The van der Waals surface area contributed by atoms with Crippen molar-refractivity contribution >= 4 is 17.8 Å². The van der Waals surface area contributed by atoms with Gasteiger partial charge in [0, 0.05) is 0 Å². The van der Waals surface area contributed by atoms with E-state index in [9.17, 15) is 14.4 Å². The van der Waals surface area contributed by atoms with Crippen LogP contribution in [0.5, 0.6) is 0 Å². The zero-order chi connectivity index (χ0) is 16.4.